The monoisotopic (exact) mass is 296 g/mol. The quantitative estimate of drug-likeness (QED) is 0.875. The van der Waals surface area contributed by atoms with Crippen LogP contribution >= 0.6 is 0 Å². The Balaban J connectivity index is 2.14. The molecule has 112 valence electrons. The fraction of sp³-hybridized carbons (Fsp3) is 0.600. The van der Waals surface area contributed by atoms with Gasteiger partial charge in [0, 0.05) is 12.8 Å². The molecule has 1 fully saturated rings. The minimum absolute atomic E-state index is 0.114. The van der Waals surface area contributed by atoms with Gasteiger partial charge >= 0.3 is 0 Å². The Morgan fingerprint density at radius 1 is 1.20 bits per heavy atom. The first-order valence-corrected chi connectivity index (χ1v) is 9.09. The van der Waals surface area contributed by atoms with Crippen molar-refractivity contribution in [3.63, 3.8) is 0 Å². The molecule has 1 aliphatic carbocycles. The lowest BCUT2D eigenvalue weighted by Crippen LogP contribution is -2.39. The Kier molecular flexibility index (Phi) is 4.70. The molecule has 4 nitrogen and oxygen atoms in total. The van der Waals surface area contributed by atoms with Gasteiger partial charge in [0.15, 0.2) is 9.84 Å². The molecule has 0 spiro atoms. The normalized spacial score (nSPS) is 18.7. The molecule has 1 aliphatic rings. The number of hydrogen-bond donors (Lipinski definition) is 2. The minimum atomic E-state index is -3.21. The van der Waals surface area contributed by atoms with Crippen molar-refractivity contribution in [1.29, 1.82) is 0 Å². The van der Waals surface area contributed by atoms with Crippen LogP contribution in [0.3, 0.4) is 0 Å². The summed E-state index contributed by atoms with van der Waals surface area (Å²) in [6, 6.07) is 7.07. The van der Waals surface area contributed by atoms with Crippen molar-refractivity contribution >= 4 is 15.5 Å². The van der Waals surface area contributed by atoms with Crippen molar-refractivity contribution < 1.29 is 8.42 Å². The lowest BCUT2D eigenvalue weighted by Gasteiger charge is -2.36. The Labute approximate surface area is 121 Å². The molecule has 0 heterocycles. The Morgan fingerprint density at radius 2 is 1.85 bits per heavy atom. The summed E-state index contributed by atoms with van der Waals surface area (Å²) >= 11 is 0. The number of benzene rings is 1. The number of anilines is 1. The highest BCUT2D eigenvalue weighted by Gasteiger charge is 2.30. The van der Waals surface area contributed by atoms with E-state index in [1.165, 1.54) is 25.5 Å². The number of nitrogens with two attached hydrogens (primary N) is 1. The maximum atomic E-state index is 11.8. The van der Waals surface area contributed by atoms with Gasteiger partial charge in [-0.25, -0.2) is 8.42 Å². The van der Waals surface area contributed by atoms with Crippen molar-refractivity contribution in [2.45, 2.75) is 37.0 Å². The van der Waals surface area contributed by atoms with Gasteiger partial charge in [0.1, 0.15) is 0 Å². The third-order valence-corrected chi connectivity index (χ3v) is 5.44. The molecule has 1 aromatic rings. The van der Waals surface area contributed by atoms with E-state index in [1.807, 2.05) is 12.1 Å². The van der Waals surface area contributed by atoms with E-state index >= 15 is 0 Å². The first-order chi connectivity index (χ1) is 9.47. The van der Waals surface area contributed by atoms with Crippen LogP contribution in [0.2, 0.25) is 0 Å². The van der Waals surface area contributed by atoms with E-state index in [4.69, 9.17) is 5.73 Å². The Morgan fingerprint density at radius 3 is 2.45 bits per heavy atom. The highest BCUT2D eigenvalue weighted by Crippen LogP contribution is 2.36. The van der Waals surface area contributed by atoms with Crippen LogP contribution in [-0.4, -0.2) is 27.8 Å². The van der Waals surface area contributed by atoms with Crippen molar-refractivity contribution in [2.75, 3.05) is 24.7 Å². The molecule has 5 heteroatoms. The molecule has 0 aliphatic heterocycles. The van der Waals surface area contributed by atoms with Crippen molar-refractivity contribution in [1.82, 2.24) is 0 Å². The highest BCUT2D eigenvalue weighted by molar-refractivity contribution is 7.90. The lowest BCUT2D eigenvalue weighted by molar-refractivity contribution is 0.215. The maximum absolute atomic E-state index is 11.8. The molecule has 0 atom stereocenters. The Hall–Kier alpha value is -1.07. The minimum Gasteiger partial charge on any atom is -0.383 e. The molecule has 1 aromatic carbocycles. The summed E-state index contributed by atoms with van der Waals surface area (Å²) in [4.78, 5) is 0.364. The first kappa shape index (κ1) is 15.3. The second-order valence-corrected chi connectivity index (χ2v) is 7.87. The van der Waals surface area contributed by atoms with Crippen molar-refractivity contribution in [3.8, 4) is 0 Å². The average Bonchev–Trinajstić information content (AvgIpc) is 2.45. The molecule has 0 unspecified atom stereocenters. The molecule has 3 N–H and O–H groups in total. The molecule has 0 saturated heterocycles. The molecular weight excluding hydrogens is 272 g/mol. The summed E-state index contributed by atoms with van der Waals surface area (Å²) in [5.41, 5.74) is 6.77. The van der Waals surface area contributed by atoms with Gasteiger partial charge in [-0.3, -0.25) is 0 Å². The van der Waals surface area contributed by atoms with Crippen LogP contribution in [0.4, 0.5) is 5.69 Å². The first-order valence-electron chi connectivity index (χ1n) is 7.20. The summed E-state index contributed by atoms with van der Waals surface area (Å²) in [6.45, 7) is 1.40. The van der Waals surface area contributed by atoms with Crippen LogP contribution in [0.1, 0.15) is 32.1 Å². The zero-order valence-electron chi connectivity index (χ0n) is 12.1. The second-order valence-electron chi connectivity index (χ2n) is 5.89. The molecule has 1 saturated carbocycles. The molecule has 20 heavy (non-hydrogen) atoms. The summed E-state index contributed by atoms with van der Waals surface area (Å²) in [6.07, 6.45) is 7.20. The van der Waals surface area contributed by atoms with E-state index in [1.54, 1.807) is 12.1 Å². The predicted octanol–water partition coefficient (Wildman–Crippen LogP) is 2.41. The van der Waals surface area contributed by atoms with E-state index in [-0.39, 0.29) is 5.41 Å². The molecule has 2 rings (SSSR count). The van der Waals surface area contributed by atoms with Gasteiger partial charge in [-0.1, -0.05) is 31.4 Å². The fourth-order valence-corrected chi connectivity index (χ4v) is 3.84. The van der Waals surface area contributed by atoms with E-state index in [2.05, 4.69) is 5.32 Å². The highest BCUT2D eigenvalue weighted by atomic mass is 32.2. The third kappa shape index (κ3) is 3.52. The lowest BCUT2D eigenvalue weighted by atomic mass is 9.74. The smallest absolute Gasteiger partial charge is 0.177 e. The number of sulfone groups is 1. The third-order valence-electron chi connectivity index (χ3n) is 4.29. The van der Waals surface area contributed by atoms with Crippen LogP contribution in [0.5, 0.6) is 0 Å². The van der Waals surface area contributed by atoms with Crippen LogP contribution in [-0.2, 0) is 9.84 Å². The zero-order valence-corrected chi connectivity index (χ0v) is 12.9. The van der Waals surface area contributed by atoms with Crippen LogP contribution < -0.4 is 11.1 Å². The molecule has 0 bridgehead atoms. The van der Waals surface area contributed by atoms with Gasteiger partial charge in [0.2, 0.25) is 0 Å². The van der Waals surface area contributed by atoms with Gasteiger partial charge in [0.05, 0.1) is 10.6 Å². The topological polar surface area (TPSA) is 72.2 Å². The van der Waals surface area contributed by atoms with Gasteiger partial charge in [0.25, 0.3) is 0 Å². The summed E-state index contributed by atoms with van der Waals surface area (Å²) in [5.74, 6) is 0. The van der Waals surface area contributed by atoms with Crippen LogP contribution in [0, 0.1) is 5.41 Å². The average molecular weight is 296 g/mol. The predicted molar refractivity (Wildman–Crippen MR) is 82.6 cm³/mol. The molecule has 0 amide bonds. The fourth-order valence-electron chi connectivity index (χ4n) is 2.97. The molecular formula is C15H24N2O2S. The maximum Gasteiger partial charge on any atom is 0.177 e. The second kappa shape index (κ2) is 6.14. The summed E-state index contributed by atoms with van der Waals surface area (Å²) in [7, 11) is -3.21. The summed E-state index contributed by atoms with van der Waals surface area (Å²) < 4.78 is 23.6. The molecule has 0 aromatic heterocycles. The van der Waals surface area contributed by atoms with Gasteiger partial charge in [-0.15, -0.1) is 0 Å². The number of nitrogens with one attached hydrogen (secondary N) is 1. The van der Waals surface area contributed by atoms with Gasteiger partial charge < -0.3 is 11.1 Å². The SMILES string of the molecule is CS(=O)(=O)c1ccccc1NCC1(CN)CCCCC1. The van der Waals surface area contributed by atoms with Crippen LogP contribution in [0.25, 0.3) is 0 Å². The van der Waals surface area contributed by atoms with Crippen molar-refractivity contribution in [3.05, 3.63) is 24.3 Å². The number of hydrogen-bond acceptors (Lipinski definition) is 4. The zero-order chi connectivity index (χ0) is 14.6. The van der Waals surface area contributed by atoms with Gasteiger partial charge in [-0.05, 0) is 36.9 Å². The van der Waals surface area contributed by atoms with Gasteiger partial charge in [-0.2, -0.15) is 0 Å². The van der Waals surface area contributed by atoms with Crippen LogP contribution in [0.15, 0.2) is 29.2 Å². The Bertz CT molecular complexity index is 549. The van der Waals surface area contributed by atoms with E-state index in [0.29, 0.717) is 17.1 Å². The standard InChI is InChI=1S/C15H24N2O2S/c1-20(18,19)14-8-4-3-7-13(14)17-12-15(11-16)9-5-2-6-10-15/h3-4,7-8,17H,2,5-6,9-12,16H2,1H3. The van der Waals surface area contributed by atoms with E-state index in [0.717, 1.165) is 19.4 Å². The summed E-state index contributed by atoms with van der Waals surface area (Å²) in [5, 5.41) is 3.32. The van der Waals surface area contributed by atoms with E-state index < -0.39 is 9.84 Å². The van der Waals surface area contributed by atoms with E-state index in [9.17, 15) is 8.42 Å². The van der Waals surface area contributed by atoms with Crippen molar-refractivity contribution in [2.24, 2.45) is 11.1 Å². The number of para-hydroxylation sites is 1. The largest absolute Gasteiger partial charge is 0.383 e. The number of rotatable bonds is 5. The molecule has 0 radical (unpaired) electrons.